The van der Waals surface area contributed by atoms with Crippen LogP contribution in [0.3, 0.4) is 0 Å². The molecule has 2 N–H and O–H groups in total. The van der Waals surface area contributed by atoms with E-state index in [0.717, 1.165) is 10.8 Å². The van der Waals surface area contributed by atoms with Gasteiger partial charge in [0, 0.05) is 23.3 Å². The number of nitrogens with zero attached hydrogens (tertiary/aromatic N) is 3. The van der Waals surface area contributed by atoms with Crippen molar-refractivity contribution in [3.8, 4) is 0 Å². The van der Waals surface area contributed by atoms with Crippen LogP contribution >= 0.6 is 23.1 Å². The van der Waals surface area contributed by atoms with E-state index in [0.29, 0.717) is 10.8 Å². The van der Waals surface area contributed by atoms with Crippen LogP contribution in [0, 0.1) is 5.82 Å². The van der Waals surface area contributed by atoms with Gasteiger partial charge in [-0.25, -0.2) is 9.18 Å². The Balaban J connectivity index is 1.59. The zero-order valence-electron chi connectivity index (χ0n) is 13.8. The highest BCUT2D eigenvalue weighted by molar-refractivity contribution is 8.01. The van der Waals surface area contributed by atoms with Crippen molar-refractivity contribution >= 4 is 39.9 Å². The standard InChI is InChI=1S/C17H16FN5OS2/c1-2-14(11-6-8-19-9-7-11)25-17-23-22-16(26-17)21-15(24)20-13-5-3-4-12(18)10-13/h3-10,14H,2H2,1H3,(H2,20,21,22,24). The summed E-state index contributed by atoms with van der Waals surface area (Å²) in [6.45, 7) is 2.10. The van der Waals surface area contributed by atoms with Crippen molar-refractivity contribution in [2.45, 2.75) is 22.9 Å². The molecule has 1 unspecified atom stereocenters. The van der Waals surface area contributed by atoms with Crippen LogP contribution in [0.5, 0.6) is 0 Å². The minimum absolute atomic E-state index is 0.236. The van der Waals surface area contributed by atoms with Crippen molar-refractivity contribution in [3.05, 3.63) is 60.2 Å². The fourth-order valence-electron chi connectivity index (χ4n) is 2.22. The molecule has 0 radical (unpaired) electrons. The first-order valence-electron chi connectivity index (χ1n) is 7.87. The van der Waals surface area contributed by atoms with Gasteiger partial charge in [0.05, 0.1) is 0 Å². The van der Waals surface area contributed by atoms with Crippen molar-refractivity contribution < 1.29 is 9.18 Å². The Bertz CT molecular complexity index is 874. The number of benzene rings is 1. The number of aromatic nitrogens is 3. The second-order valence-corrected chi connectivity index (χ2v) is 7.69. The molecule has 1 aromatic carbocycles. The van der Waals surface area contributed by atoms with E-state index in [-0.39, 0.29) is 5.25 Å². The van der Waals surface area contributed by atoms with Gasteiger partial charge < -0.3 is 5.32 Å². The van der Waals surface area contributed by atoms with Crippen molar-refractivity contribution in [2.24, 2.45) is 0 Å². The summed E-state index contributed by atoms with van der Waals surface area (Å²) >= 11 is 2.88. The molecule has 2 heterocycles. The second-order valence-electron chi connectivity index (χ2n) is 5.26. The lowest BCUT2D eigenvalue weighted by Gasteiger charge is -2.12. The number of hydrogen-bond donors (Lipinski definition) is 2. The highest BCUT2D eigenvalue weighted by atomic mass is 32.2. The summed E-state index contributed by atoms with van der Waals surface area (Å²) in [5, 5.41) is 13.9. The SMILES string of the molecule is CCC(Sc1nnc(NC(=O)Nc2cccc(F)c2)s1)c1ccncc1. The Kier molecular flexibility index (Phi) is 6.13. The Morgan fingerprint density at radius 1 is 1.23 bits per heavy atom. The molecule has 0 aliphatic heterocycles. The molecule has 0 saturated carbocycles. The summed E-state index contributed by atoms with van der Waals surface area (Å²) < 4.78 is 13.9. The van der Waals surface area contributed by atoms with E-state index >= 15 is 0 Å². The van der Waals surface area contributed by atoms with Crippen LogP contribution in [0.1, 0.15) is 24.2 Å². The van der Waals surface area contributed by atoms with Gasteiger partial charge in [-0.3, -0.25) is 10.3 Å². The molecule has 2 amide bonds. The maximum Gasteiger partial charge on any atom is 0.325 e. The van der Waals surface area contributed by atoms with Gasteiger partial charge in [0.15, 0.2) is 4.34 Å². The summed E-state index contributed by atoms with van der Waals surface area (Å²) in [4.78, 5) is 16.0. The minimum atomic E-state index is -0.496. The first kappa shape index (κ1) is 18.3. The van der Waals surface area contributed by atoms with Gasteiger partial charge in [0.1, 0.15) is 5.82 Å². The molecule has 2 aromatic heterocycles. The maximum absolute atomic E-state index is 13.1. The third-order valence-electron chi connectivity index (χ3n) is 3.40. The van der Waals surface area contributed by atoms with Gasteiger partial charge in [-0.2, -0.15) is 0 Å². The van der Waals surface area contributed by atoms with E-state index < -0.39 is 11.8 Å². The van der Waals surface area contributed by atoms with Crippen molar-refractivity contribution in [1.29, 1.82) is 0 Å². The molecule has 3 aromatic rings. The smallest absolute Gasteiger partial charge is 0.308 e. The van der Waals surface area contributed by atoms with Crippen LogP contribution in [0.4, 0.5) is 20.0 Å². The minimum Gasteiger partial charge on any atom is -0.308 e. The number of pyridine rings is 1. The predicted octanol–water partition coefficient (Wildman–Crippen LogP) is 4.96. The molecule has 134 valence electrons. The van der Waals surface area contributed by atoms with Crippen LogP contribution in [0.25, 0.3) is 0 Å². The number of nitrogens with one attached hydrogen (secondary N) is 2. The monoisotopic (exact) mass is 389 g/mol. The van der Waals surface area contributed by atoms with Crippen LogP contribution in [-0.2, 0) is 0 Å². The zero-order valence-corrected chi connectivity index (χ0v) is 15.5. The quantitative estimate of drug-likeness (QED) is 0.460. The highest BCUT2D eigenvalue weighted by Gasteiger charge is 2.15. The highest BCUT2D eigenvalue weighted by Crippen LogP contribution is 2.39. The molecule has 1 atom stereocenters. The van der Waals surface area contributed by atoms with E-state index in [1.807, 2.05) is 12.1 Å². The molecule has 0 aliphatic carbocycles. The van der Waals surface area contributed by atoms with Crippen LogP contribution < -0.4 is 10.6 Å². The molecule has 0 aliphatic rings. The number of hydrogen-bond acceptors (Lipinski definition) is 6. The summed E-state index contributed by atoms with van der Waals surface area (Å²) in [6.07, 6.45) is 4.46. The number of anilines is 2. The number of halogens is 1. The summed E-state index contributed by atoms with van der Waals surface area (Å²) in [7, 11) is 0. The lowest BCUT2D eigenvalue weighted by molar-refractivity contribution is 0.262. The largest absolute Gasteiger partial charge is 0.325 e. The predicted molar refractivity (Wildman–Crippen MR) is 102 cm³/mol. The average Bonchev–Trinajstić information content (AvgIpc) is 3.07. The van der Waals surface area contributed by atoms with Gasteiger partial charge in [-0.15, -0.1) is 10.2 Å². The normalized spacial score (nSPS) is 11.8. The Morgan fingerprint density at radius 3 is 2.77 bits per heavy atom. The Hall–Kier alpha value is -2.52. The first-order chi connectivity index (χ1) is 12.6. The Labute approximate surface area is 158 Å². The topological polar surface area (TPSA) is 79.8 Å². The molecule has 0 bridgehead atoms. The van der Waals surface area contributed by atoms with E-state index in [4.69, 9.17) is 0 Å². The number of carbonyl (C=O) groups excluding carboxylic acids is 1. The summed E-state index contributed by atoms with van der Waals surface area (Å²) in [5.74, 6) is -0.417. The van der Waals surface area contributed by atoms with Gasteiger partial charge in [0.25, 0.3) is 0 Å². The van der Waals surface area contributed by atoms with Crippen LogP contribution in [0.2, 0.25) is 0 Å². The fraction of sp³-hybridized carbons (Fsp3) is 0.176. The van der Waals surface area contributed by atoms with E-state index in [2.05, 4.69) is 32.7 Å². The first-order valence-corrected chi connectivity index (χ1v) is 9.57. The molecule has 6 nitrogen and oxygen atoms in total. The van der Waals surface area contributed by atoms with Crippen molar-refractivity contribution in [1.82, 2.24) is 15.2 Å². The molecule has 3 rings (SSSR count). The lowest BCUT2D eigenvalue weighted by atomic mass is 10.1. The van der Waals surface area contributed by atoms with Gasteiger partial charge >= 0.3 is 6.03 Å². The van der Waals surface area contributed by atoms with E-state index in [1.165, 1.54) is 35.1 Å². The average molecular weight is 389 g/mol. The zero-order chi connectivity index (χ0) is 18.4. The molecular weight excluding hydrogens is 373 g/mol. The fourth-order valence-corrected chi connectivity index (χ4v) is 4.26. The summed E-state index contributed by atoms with van der Waals surface area (Å²) in [5.41, 5.74) is 1.53. The number of carbonyl (C=O) groups is 1. The molecule has 26 heavy (non-hydrogen) atoms. The Morgan fingerprint density at radius 2 is 2.04 bits per heavy atom. The molecule has 0 saturated heterocycles. The van der Waals surface area contributed by atoms with Gasteiger partial charge in [0.2, 0.25) is 5.13 Å². The lowest BCUT2D eigenvalue weighted by Crippen LogP contribution is -2.19. The summed E-state index contributed by atoms with van der Waals surface area (Å²) in [6, 6.07) is 9.14. The maximum atomic E-state index is 13.1. The molecule has 9 heteroatoms. The number of rotatable bonds is 6. The molecule has 0 spiro atoms. The number of thioether (sulfide) groups is 1. The number of amides is 2. The van der Waals surface area contributed by atoms with Gasteiger partial charge in [-0.05, 0) is 42.3 Å². The molecule has 0 fully saturated rings. The second kappa shape index (κ2) is 8.72. The third kappa shape index (κ3) is 4.99. The van der Waals surface area contributed by atoms with Crippen molar-refractivity contribution in [2.75, 3.05) is 10.6 Å². The van der Waals surface area contributed by atoms with Crippen molar-refractivity contribution in [3.63, 3.8) is 0 Å². The third-order valence-corrected chi connectivity index (χ3v) is 5.75. The van der Waals surface area contributed by atoms with E-state index in [9.17, 15) is 9.18 Å². The number of urea groups is 1. The molecular formula is C17H16FN5OS2. The van der Waals surface area contributed by atoms with Gasteiger partial charge in [-0.1, -0.05) is 36.1 Å². The van der Waals surface area contributed by atoms with Crippen LogP contribution in [0.15, 0.2) is 53.1 Å². The van der Waals surface area contributed by atoms with E-state index in [1.54, 1.807) is 30.2 Å². The van der Waals surface area contributed by atoms with Crippen LogP contribution in [-0.4, -0.2) is 21.2 Å².